The van der Waals surface area contributed by atoms with Gasteiger partial charge in [-0.1, -0.05) is 30.4 Å². The number of fused-ring (bicyclic) bond motifs is 1. The summed E-state index contributed by atoms with van der Waals surface area (Å²) in [4.78, 5) is 36.8. The Morgan fingerprint density at radius 2 is 1.89 bits per heavy atom. The van der Waals surface area contributed by atoms with Gasteiger partial charge in [-0.25, -0.2) is 4.98 Å². The fourth-order valence-corrected chi connectivity index (χ4v) is 4.18. The van der Waals surface area contributed by atoms with Crippen molar-refractivity contribution in [2.45, 2.75) is 12.8 Å². The van der Waals surface area contributed by atoms with E-state index in [1.165, 1.54) is 17.0 Å². The molecule has 0 spiro atoms. The molecule has 6 nitrogen and oxygen atoms in total. The first kappa shape index (κ1) is 18.4. The Morgan fingerprint density at radius 3 is 2.75 bits per heavy atom. The normalized spacial score (nSPS) is 19.2. The van der Waals surface area contributed by atoms with Gasteiger partial charge in [-0.15, -0.1) is 11.3 Å². The van der Waals surface area contributed by atoms with E-state index < -0.39 is 0 Å². The third-order valence-corrected chi connectivity index (χ3v) is 5.74. The van der Waals surface area contributed by atoms with Crippen molar-refractivity contribution in [2.75, 3.05) is 26.2 Å². The van der Waals surface area contributed by atoms with Gasteiger partial charge < -0.3 is 14.8 Å². The molecule has 0 bridgehead atoms. The minimum atomic E-state index is -0.133. The van der Waals surface area contributed by atoms with Gasteiger partial charge in [-0.05, 0) is 23.6 Å². The highest BCUT2D eigenvalue weighted by Crippen LogP contribution is 2.16. The van der Waals surface area contributed by atoms with E-state index in [9.17, 15) is 9.59 Å². The molecule has 0 unspecified atom stereocenters. The number of hydrogen-bond acceptors (Lipinski definition) is 5. The summed E-state index contributed by atoms with van der Waals surface area (Å²) in [5.41, 5.74) is 1.03. The molecular formula is C21H22N4O2S. The molecule has 1 aliphatic heterocycles. The lowest BCUT2D eigenvalue weighted by Crippen LogP contribution is -2.48. The number of rotatable bonds is 4. The van der Waals surface area contributed by atoms with Gasteiger partial charge in [0.2, 0.25) is 5.91 Å². The van der Waals surface area contributed by atoms with Crippen LogP contribution in [-0.2, 0) is 11.2 Å². The molecule has 2 aromatic heterocycles. The van der Waals surface area contributed by atoms with Crippen molar-refractivity contribution in [3.63, 3.8) is 0 Å². The van der Waals surface area contributed by atoms with Crippen LogP contribution in [0, 0.1) is 0 Å². The number of carbonyl (C=O) groups is 1. The van der Waals surface area contributed by atoms with Crippen LogP contribution in [0.25, 0.3) is 10.2 Å². The zero-order chi connectivity index (χ0) is 19.3. The second-order valence-electron chi connectivity index (χ2n) is 6.74. The van der Waals surface area contributed by atoms with Crippen molar-refractivity contribution in [1.29, 1.82) is 0 Å². The van der Waals surface area contributed by atoms with Crippen molar-refractivity contribution >= 4 is 27.5 Å². The molecule has 3 heterocycles. The number of thiophene rings is 1. The number of piperazine rings is 1. The highest BCUT2D eigenvalue weighted by atomic mass is 32.1. The van der Waals surface area contributed by atoms with E-state index in [-0.39, 0.29) is 11.5 Å². The highest BCUT2D eigenvalue weighted by Gasteiger charge is 2.21. The summed E-state index contributed by atoms with van der Waals surface area (Å²) in [5, 5.41) is 2.47. The molecule has 28 heavy (non-hydrogen) atoms. The summed E-state index contributed by atoms with van der Waals surface area (Å²) < 4.78 is 0. The standard InChI is InChI=1S/C21H22N4O2S/c26-19(9-8-18-22-20(27)17-10-15-28-21(17)23-18)25-13-11-24(12-14-25)16-6-4-2-1-3-5-7-16/h1-7,10,15H,8-9,11-14H2,(H,22,23,27)/b2-1-,3-1?,4-2?,5-3-,6-4?,7-5?,16-6?,16-7?. The van der Waals surface area contributed by atoms with E-state index in [1.54, 1.807) is 6.07 Å². The van der Waals surface area contributed by atoms with Crippen LogP contribution < -0.4 is 5.56 Å². The molecule has 0 saturated carbocycles. The van der Waals surface area contributed by atoms with Crippen LogP contribution >= 0.6 is 11.3 Å². The summed E-state index contributed by atoms with van der Waals surface area (Å²) >= 11 is 1.44. The maximum Gasteiger partial charge on any atom is 0.259 e. The minimum absolute atomic E-state index is 0.110. The number of aromatic nitrogens is 2. The Bertz CT molecular complexity index is 1040. The first-order valence-corrected chi connectivity index (χ1v) is 10.3. The monoisotopic (exact) mass is 394 g/mol. The van der Waals surface area contributed by atoms with Crippen LogP contribution in [-0.4, -0.2) is 51.9 Å². The van der Waals surface area contributed by atoms with Crippen LogP contribution in [0.15, 0.2) is 64.5 Å². The Hall–Kier alpha value is -2.93. The lowest BCUT2D eigenvalue weighted by molar-refractivity contribution is -0.132. The van der Waals surface area contributed by atoms with Gasteiger partial charge in [0.25, 0.3) is 5.56 Å². The zero-order valence-corrected chi connectivity index (χ0v) is 16.3. The molecule has 2 aromatic rings. The SMILES string of the molecule is O=C(CCc1nc2sccc2c(=O)[nH]1)N1CCN(C2=C/C=C\C=C/C=C2)CC1. The number of amides is 1. The number of aryl methyl sites for hydroxylation is 1. The van der Waals surface area contributed by atoms with Crippen LogP contribution in [0.1, 0.15) is 12.2 Å². The molecule has 2 aliphatic rings. The van der Waals surface area contributed by atoms with Gasteiger partial charge in [-0.2, -0.15) is 0 Å². The van der Waals surface area contributed by atoms with Gasteiger partial charge in [0.15, 0.2) is 0 Å². The van der Waals surface area contributed by atoms with Crippen LogP contribution in [0.4, 0.5) is 0 Å². The van der Waals surface area contributed by atoms with Gasteiger partial charge in [0.05, 0.1) is 5.39 Å². The van der Waals surface area contributed by atoms with Gasteiger partial charge in [0.1, 0.15) is 10.7 Å². The predicted molar refractivity (Wildman–Crippen MR) is 112 cm³/mol. The fraction of sp³-hybridized carbons (Fsp3) is 0.286. The number of H-pyrrole nitrogens is 1. The quantitative estimate of drug-likeness (QED) is 0.866. The first-order chi connectivity index (χ1) is 13.7. The molecule has 1 aliphatic carbocycles. The maximum atomic E-state index is 12.6. The number of carbonyl (C=O) groups excluding carboxylic acids is 1. The Balaban J connectivity index is 1.32. The molecule has 4 rings (SSSR count). The highest BCUT2D eigenvalue weighted by molar-refractivity contribution is 7.16. The van der Waals surface area contributed by atoms with E-state index in [1.807, 2.05) is 40.7 Å². The topological polar surface area (TPSA) is 69.3 Å². The first-order valence-electron chi connectivity index (χ1n) is 9.41. The molecule has 0 radical (unpaired) electrons. The maximum absolute atomic E-state index is 12.6. The third kappa shape index (κ3) is 4.14. The van der Waals surface area contributed by atoms with Crippen LogP contribution in [0.3, 0.4) is 0 Å². The van der Waals surface area contributed by atoms with E-state index in [4.69, 9.17) is 0 Å². The molecule has 0 aromatic carbocycles. The molecule has 1 saturated heterocycles. The van der Waals surface area contributed by atoms with Crippen molar-refractivity contribution in [3.05, 3.63) is 75.9 Å². The van der Waals surface area contributed by atoms with E-state index in [0.717, 1.165) is 17.9 Å². The Kier molecular flexibility index (Phi) is 5.53. The number of allylic oxidation sites excluding steroid dienone is 7. The smallest absolute Gasteiger partial charge is 0.259 e. The number of nitrogens with one attached hydrogen (secondary N) is 1. The number of aromatic amines is 1. The Labute approximate surface area is 167 Å². The molecule has 1 fully saturated rings. The number of hydrogen-bond donors (Lipinski definition) is 1. The van der Waals surface area contributed by atoms with Crippen molar-refractivity contribution in [2.24, 2.45) is 0 Å². The third-order valence-electron chi connectivity index (χ3n) is 4.94. The van der Waals surface area contributed by atoms with Crippen LogP contribution in [0.5, 0.6) is 0 Å². The van der Waals surface area contributed by atoms with Gasteiger partial charge >= 0.3 is 0 Å². The summed E-state index contributed by atoms with van der Waals surface area (Å²) in [6, 6.07) is 1.77. The molecule has 1 amide bonds. The van der Waals surface area contributed by atoms with Crippen molar-refractivity contribution in [1.82, 2.24) is 19.8 Å². The molecule has 7 heteroatoms. The van der Waals surface area contributed by atoms with E-state index in [2.05, 4.69) is 27.0 Å². The van der Waals surface area contributed by atoms with Gasteiger partial charge in [-0.3, -0.25) is 9.59 Å². The Morgan fingerprint density at radius 1 is 1.11 bits per heavy atom. The summed E-state index contributed by atoms with van der Waals surface area (Å²) in [6.07, 6.45) is 15.1. The van der Waals surface area contributed by atoms with Crippen LogP contribution in [0.2, 0.25) is 0 Å². The van der Waals surface area contributed by atoms with E-state index in [0.29, 0.717) is 37.1 Å². The summed E-state index contributed by atoms with van der Waals surface area (Å²) in [5.74, 6) is 0.690. The molecule has 144 valence electrons. The summed E-state index contributed by atoms with van der Waals surface area (Å²) in [6.45, 7) is 3.04. The lowest BCUT2D eigenvalue weighted by Gasteiger charge is -2.36. The fourth-order valence-electron chi connectivity index (χ4n) is 3.39. The second-order valence-corrected chi connectivity index (χ2v) is 7.63. The average Bonchev–Trinajstić information content (AvgIpc) is 3.15. The van der Waals surface area contributed by atoms with E-state index >= 15 is 0 Å². The molecule has 0 atom stereocenters. The lowest BCUT2D eigenvalue weighted by atomic mass is 10.2. The zero-order valence-electron chi connectivity index (χ0n) is 15.5. The number of nitrogens with zero attached hydrogens (tertiary/aromatic N) is 3. The molecular weight excluding hydrogens is 372 g/mol. The van der Waals surface area contributed by atoms with Crippen molar-refractivity contribution in [3.8, 4) is 0 Å². The summed E-state index contributed by atoms with van der Waals surface area (Å²) in [7, 11) is 0. The second kappa shape index (κ2) is 8.39. The minimum Gasteiger partial charge on any atom is -0.368 e. The largest absolute Gasteiger partial charge is 0.368 e. The molecule has 1 N–H and O–H groups in total. The van der Waals surface area contributed by atoms with Gasteiger partial charge in [0, 0.05) is 44.7 Å². The average molecular weight is 395 g/mol. The predicted octanol–water partition coefficient (Wildman–Crippen LogP) is 2.63. The van der Waals surface area contributed by atoms with Crippen molar-refractivity contribution < 1.29 is 4.79 Å².